The first-order valence-corrected chi connectivity index (χ1v) is 8.76. The fraction of sp³-hybridized carbons (Fsp3) is 0.333. The molecule has 27 heavy (non-hydrogen) atoms. The molecule has 4 nitrogen and oxygen atoms in total. The van der Waals surface area contributed by atoms with Crippen LogP contribution in [0.4, 0.5) is 8.78 Å². The van der Waals surface area contributed by atoms with Crippen LogP contribution in [0.5, 0.6) is 0 Å². The molecule has 2 aromatic rings. The molecule has 1 aliphatic rings. The average molecular weight is 373 g/mol. The van der Waals surface area contributed by atoms with Crippen molar-refractivity contribution in [1.29, 1.82) is 0 Å². The molecule has 0 saturated heterocycles. The van der Waals surface area contributed by atoms with Crippen molar-refractivity contribution in [2.45, 2.75) is 38.8 Å². The van der Waals surface area contributed by atoms with Crippen molar-refractivity contribution in [1.82, 2.24) is 4.90 Å². The highest BCUT2D eigenvalue weighted by molar-refractivity contribution is 6.01. The quantitative estimate of drug-likeness (QED) is 0.731. The lowest BCUT2D eigenvalue weighted by Crippen LogP contribution is -2.41. The van der Waals surface area contributed by atoms with Crippen LogP contribution >= 0.6 is 0 Å². The largest absolute Gasteiger partial charge is 0.467 e. The van der Waals surface area contributed by atoms with E-state index >= 15 is 0 Å². The minimum Gasteiger partial charge on any atom is -0.467 e. The van der Waals surface area contributed by atoms with Gasteiger partial charge in [0.1, 0.15) is 6.04 Å². The van der Waals surface area contributed by atoms with Crippen molar-refractivity contribution >= 4 is 11.9 Å². The highest BCUT2D eigenvalue weighted by Crippen LogP contribution is 2.32. The topological polar surface area (TPSA) is 46.6 Å². The number of alkyl halides is 2. The molecule has 0 fully saturated rings. The second-order valence-electron chi connectivity index (χ2n) is 6.72. The van der Waals surface area contributed by atoms with E-state index < -0.39 is 17.9 Å². The third-order valence-electron chi connectivity index (χ3n) is 4.90. The fourth-order valence-corrected chi connectivity index (χ4v) is 3.36. The predicted octanol–water partition coefficient (Wildman–Crippen LogP) is 4.37. The molecule has 1 atom stereocenters. The molecule has 3 rings (SSSR count). The number of carbonyl (C=O) groups excluding carboxylic acids is 2. The molecule has 1 aliphatic heterocycles. The molecule has 1 heterocycles. The van der Waals surface area contributed by atoms with Crippen LogP contribution in [0.1, 0.15) is 41.8 Å². The van der Waals surface area contributed by atoms with Crippen molar-refractivity contribution in [3.63, 3.8) is 0 Å². The zero-order valence-electron chi connectivity index (χ0n) is 15.5. The summed E-state index contributed by atoms with van der Waals surface area (Å²) >= 11 is 0. The summed E-state index contributed by atoms with van der Waals surface area (Å²) in [6, 6.07) is 10.8. The maximum atomic E-state index is 13.4. The molecular formula is C21H21F2NO3. The molecule has 2 aromatic carbocycles. The molecular weight excluding hydrogens is 352 g/mol. The van der Waals surface area contributed by atoms with E-state index in [1.165, 1.54) is 24.1 Å². The van der Waals surface area contributed by atoms with Crippen molar-refractivity contribution in [3.8, 4) is 11.1 Å². The first-order chi connectivity index (χ1) is 12.8. The lowest BCUT2D eigenvalue weighted by molar-refractivity contribution is -0.146. The molecule has 0 spiro atoms. The van der Waals surface area contributed by atoms with Gasteiger partial charge in [0, 0.05) is 24.6 Å². The Morgan fingerprint density at radius 3 is 2.37 bits per heavy atom. The number of carbonyl (C=O) groups is 2. The summed E-state index contributed by atoms with van der Waals surface area (Å²) in [6.45, 7) is 3.04. The van der Waals surface area contributed by atoms with E-state index in [-0.39, 0.29) is 11.5 Å². The standard InChI is InChI=1S/C21H21F2NO3/c1-4-18(20(26)27-3)24-12-15-6-5-14(11-17(15)19(24)25)13-7-9-16(10-8-13)21(2,22)23/h5-11,18H,4,12H2,1-3H3. The van der Waals surface area contributed by atoms with Gasteiger partial charge in [-0.05, 0) is 29.2 Å². The van der Waals surface area contributed by atoms with Gasteiger partial charge in [0.2, 0.25) is 0 Å². The fourth-order valence-electron chi connectivity index (χ4n) is 3.36. The van der Waals surface area contributed by atoms with Gasteiger partial charge in [-0.1, -0.05) is 43.3 Å². The lowest BCUT2D eigenvalue weighted by atomic mass is 9.98. The molecule has 0 bridgehead atoms. The third kappa shape index (κ3) is 3.56. The Kier molecular flexibility index (Phi) is 5.00. The summed E-state index contributed by atoms with van der Waals surface area (Å²) in [5, 5.41) is 0. The smallest absolute Gasteiger partial charge is 0.328 e. The number of esters is 1. The van der Waals surface area contributed by atoms with E-state index in [4.69, 9.17) is 4.74 Å². The molecule has 142 valence electrons. The zero-order chi connectivity index (χ0) is 19.8. The van der Waals surface area contributed by atoms with Crippen LogP contribution in [-0.4, -0.2) is 29.9 Å². The molecule has 6 heteroatoms. The molecule has 1 amide bonds. The van der Waals surface area contributed by atoms with E-state index in [0.29, 0.717) is 18.5 Å². The minimum atomic E-state index is -2.89. The van der Waals surface area contributed by atoms with E-state index in [1.54, 1.807) is 18.2 Å². The average Bonchev–Trinajstić information content (AvgIpc) is 2.97. The molecule has 0 N–H and O–H groups in total. The van der Waals surface area contributed by atoms with Crippen molar-refractivity contribution < 1.29 is 23.1 Å². The maximum Gasteiger partial charge on any atom is 0.328 e. The lowest BCUT2D eigenvalue weighted by Gasteiger charge is -2.24. The van der Waals surface area contributed by atoms with Gasteiger partial charge >= 0.3 is 5.97 Å². The number of fused-ring (bicyclic) bond motifs is 1. The van der Waals surface area contributed by atoms with Crippen LogP contribution < -0.4 is 0 Å². The molecule has 0 aliphatic carbocycles. The number of methoxy groups -OCH3 is 1. The summed E-state index contributed by atoms with van der Waals surface area (Å²) in [4.78, 5) is 26.3. The number of rotatable bonds is 5. The highest BCUT2D eigenvalue weighted by atomic mass is 19.3. The SMILES string of the molecule is CCC(C(=O)OC)N1Cc2ccc(-c3ccc(C(C)(F)F)cc3)cc2C1=O. The summed E-state index contributed by atoms with van der Waals surface area (Å²) in [7, 11) is 1.31. The summed E-state index contributed by atoms with van der Waals surface area (Å²) in [5.41, 5.74) is 2.82. The molecule has 0 aromatic heterocycles. The van der Waals surface area contributed by atoms with Gasteiger partial charge in [0.15, 0.2) is 0 Å². The van der Waals surface area contributed by atoms with Crippen LogP contribution in [0, 0.1) is 0 Å². The van der Waals surface area contributed by atoms with Crippen LogP contribution in [0.3, 0.4) is 0 Å². The Hall–Kier alpha value is -2.76. The molecule has 1 unspecified atom stereocenters. The van der Waals surface area contributed by atoms with E-state index in [9.17, 15) is 18.4 Å². The van der Waals surface area contributed by atoms with Crippen LogP contribution in [0.15, 0.2) is 42.5 Å². The van der Waals surface area contributed by atoms with Gasteiger partial charge < -0.3 is 9.64 Å². The highest BCUT2D eigenvalue weighted by Gasteiger charge is 2.36. The van der Waals surface area contributed by atoms with Crippen LogP contribution in [-0.2, 0) is 22.0 Å². The van der Waals surface area contributed by atoms with Crippen molar-refractivity contribution in [2.75, 3.05) is 7.11 Å². The van der Waals surface area contributed by atoms with Gasteiger partial charge in [-0.3, -0.25) is 4.79 Å². The van der Waals surface area contributed by atoms with Gasteiger partial charge in [-0.25, -0.2) is 13.6 Å². The number of hydrogen-bond donors (Lipinski definition) is 0. The van der Waals surface area contributed by atoms with Gasteiger partial charge in [-0.2, -0.15) is 0 Å². The summed E-state index contributed by atoms with van der Waals surface area (Å²) in [5.74, 6) is -3.55. The first-order valence-electron chi connectivity index (χ1n) is 8.76. The summed E-state index contributed by atoms with van der Waals surface area (Å²) < 4.78 is 31.6. The Labute approximate surface area is 156 Å². The second kappa shape index (κ2) is 7.10. The zero-order valence-corrected chi connectivity index (χ0v) is 15.5. The van der Waals surface area contributed by atoms with E-state index in [0.717, 1.165) is 23.6 Å². The third-order valence-corrected chi connectivity index (χ3v) is 4.90. The monoisotopic (exact) mass is 373 g/mol. The Bertz CT molecular complexity index is 872. The number of hydrogen-bond acceptors (Lipinski definition) is 3. The number of amides is 1. The number of ether oxygens (including phenoxy) is 1. The van der Waals surface area contributed by atoms with Crippen molar-refractivity contribution in [3.05, 3.63) is 59.2 Å². The first kappa shape index (κ1) is 19.0. The van der Waals surface area contributed by atoms with Crippen LogP contribution in [0.25, 0.3) is 11.1 Å². The molecule has 0 saturated carbocycles. The normalized spacial score (nSPS) is 14.9. The summed E-state index contributed by atoms with van der Waals surface area (Å²) in [6.07, 6.45) is 0.464. The Morgan fingerprint density at radius 2 is 1.81 bits per heavy atom. The van der Waals surface area contributed by atoms with Crippen molar-refractivity contribution in [2.24, 2.45) is 0 Å². The second-order valence-corrected chi connectivity index (χ2v) is 6.72. The number of halogens is 2. The van der Waals surface area contributed by atoms with E-state index in [1.807, 2.05) is 19.1 Å². The number of benzene rings is 2. The van der Waals surface area contributed by atoms with E-state index in [2.05, 4.69) is 0 Å². The van der Waals surface area contributed by atoms with Gasteiger partial charge in [0.05, 0.1) is 7.11 Å². The van der Waals surface area contributed by atoms with Gasteiger partial charge in [0.25, 0.3) is 11.8 Å². The minimum absolute atomic E-state index is 0.0569. The Morgan fingerprint density at radius 1 is 1.19 bits per heavy atom. The molecule has 0 radical (unpaired) electrons. The van der Waals surface area contributed by atoms with Gasteiger partial charge in [-0.15, -0.1) is 0 Å². The van der Waals surface area contributed by atoms with Crippen LogP contribution in [0.2, 0.25) is 0 Å². The predicted molar refractivity (Wildman–Crippen MR) is 97.4 cm³/mol. The maximum absolute atomic E-state index is 13.4. The number of nitrogens with zero attached hydrogens (tertiary/aromatic N) is 1. The Balaban J connectivity index is 1.89.